The van der Waals surface area contributed by atoms with Crippen LogP contribution in [-0.4, -0.2) is 34.2 Å². The number of nitrogens with zero attached hydrogens (tertiary/aromatic N) is 2. The normalized spacial score (nSPS) is 19.1. The number of rotatable bonds is 3. The molecule has 1 aliphatic heterocycles. The summed E-state index contributed by atoms with van der Waals surface area (Å²) in [6.45, 7) is 1.06. The van der Waals surface area contributed by atoms with Crippen molar-refractivity contribution < 1.29 is 4.52 Å². The van der Waals surface area contributed by atoms with Crippen LogP contribution in [-0.2, 0) is 6.42 Å². The van der Waals surface area contributed by atoms with Crippen LogP contribution in [0.2, 0.25) is 0 Å². The third-order valence-electron chi connectivity index (χ3n) is 2.68. The monoisotopic (exact) mass is 381 g/mol. The molecule has 1 unspecified atom stereocenters. The van der Waals surface area contributed by atoms with E-state index in [0.29, 0.717) is 11.9 Å². The van der Waals surface area contributed by atoms with Crippen LogP contribution in [0.1, 0.15) is 5.89 Å². The van der Waals surface area contributed by atoms with E-state index in [0.717, 1.165) is 34.0 Å². The number of hydrogen-bond acceptors (Lipinski definition) is 6. The second-order valence-corrected chi connectivity index (χ2v) is 7.05. The first kappa shape index (κ1) is 15.3. The minimum absolute atomic E-state index is 0. The molecule has 1 atom stereocenters. The molecule has 1 saturated heterocycles. The van der Waals surface area contributed by atoms with Crippen molar-refractivity contribution in [3.63, 3.8) is 0 Å². The molecular formula is C11H13BrClN3OS2. The summed E-state index contributed by atoms with van der Waals surface area (Å²) in [4.78, 5) is 5.48. The smallest absolute Gasteiger partial charge is 0.228 e. The molecule has 1 fully saturated rings. The summed E-state index contributed by atoms with van der Waals surface area (Å²) < 4.78 is 6.37. The second kappa shape index (κ2) is 7.08. The van der Waals surface area contributed by atoms with Gasteiger partial charge in [-0.3, -0.25) is 0 Å². The molecule has 0 aliphatic carbocycles. The Morgan fingerprint density at radius 2 is 2.42 bits per heavy atom. The van der Waals surface area contributed by atoms with Gasteiger partial charge in [-0.25, -0.2) is 0 Å². The fraction of sp³-hybridized carbons (Fsp3) is 0.455. The molecule has 0 amide bonds. The molecule has 3 heterocycles. The summed E-state index contributed by atoms with van der Waals surface area (Å²) in [7, 11) is 0. The van der Waals surface area contributed by atoms with Gasteiger partial charge in [-0.05, 0) is 22.0 Å². The predicted molar refractivity (Wildman–Crippen MR) is 85.4 cm³/mol. The highest BCUT2D eigenvalue weighted by Gasteiger charge is 2.18. The standard InChI is InChI=1S/C11H12BrN3OS2.ClH/c12-7-3-9(18-5-7)11-14-10(16-15-11)4-8-6-17-2-1-13-8;/h3,5,8,13H,1-2,4,6H2;1H. The van der Waals surface area contributed by atoms with Gasteiger partial charge in [-0.2, -0.15) is 16.7 Å². The predicted octanol–water partition coefficient (Wildman–Crippen LogP) is 3.23. The second-order valence-electron chi connectivity index (χ2n) is 4.07. The van der Waals surface area contributed by atoms with Crippen molar-refractivity contribution in [2.75, 3.05) is 18.1 Å². The molecule has 4 nitrogen and oxygen atoms in total. The van der Waals surface area contributed by atoms with Crippen molar-refractivity contribution in [3.8, 4) is 10.7 Å². The number of halogens is 2. The highest BCUT2D eigenvalue weighted by Crippen LogP contribution is 2.27. The molecule has 1 N–H and O–H groups in total. The van der Waals surface area contributed by atoms with E-state index in [4.69, 9.17) is 4.52 Å². The zero-order valence-corrected chi connectivity index (χ0v) is 14.0. The maximum atomic E-state index is 5.31. The van der Waals surface area contributed by atoms with E-state index in [9.17, 15) is 0 Å². The van der Waals surface area contributed by atoms with Crippen LogP contribution >= 0.6 is 51.4 Å². The quantitative estimate of drug-likeness (QED) is 0.883. The van der Waals surface area contributed by atoms with E-state index < -0.39 is 0 Å². The Labute approximate surface area is 134 Å². The van der Waals surface area contributed by atoms with Gasteiger partial charge in [-0.15, -0.1) is 23.7 Å². The molecule has 1 aliphatic rings. The third kappa shape index (κ3) is 3.95. The van der Waals surface area contributed by atoms with Crippen molar-refractivity contribution in [2.45, 2.75) is 12.5 Å². The number of thioether (sulfide) groups is 1. The topological polar surface area (TPSA) is 51.0 Å². The maximum absolute atomic E-state index is 5.31. The van der Waals surface area contributed by atoms with E-state index in [2.05, 4.69) is 31.4 Å². The highest BCUT2D eigenvalue weighted by molar-refractivity contribution is 9.10. The minimum atomic E-state index is 0. The maximum Gasteiger partial charge on any atom is 0.228 e. The molecule has 104 valence electrons. The minimum Gasteiger partial charge on any atom is -0.339 e. The van der Waals surface area contributed by atoms with Crippen LogP contribution in [0.15, 0.2) is 20.4 Å². The Hall–Kier alpha value is -0.0800. The van der Waals surface area contributed by atoms with Crippen molar-refractivity contribution in [3.05, 3.63) is 21.8 Å². The van der Waals surface area contributed by atoms with Gasteiger partial charge in [0.1, 0.15) is 0 Å². The van der Waals surface area contributed by atoms with Crippen molar-refractivity contribution in [1.29, 1.82) is 0 Å². The molecule has 2 aromatic rings. The summed E-state index contributed by atoms with van der Waals surface area (Å²) in [5, 5.41) is 9.52. The van der Waals surface area contributed by atoms with E-state index in [1.165, 1.54) is 5.75 Å². The first-order valence-electron chi connectivity index (χ1n) is 5.69. The van der Waals surface area contributed by atoms with E-state index in [1.807, 2.05) is 23.2 Å². The number of thiophene rings is 1. The Balaban J connectivity index is 0.00000133. The Morgan fingerprint density at radius 1 is 1.53 bits per heavy atom. The average molecular weight is 383 g/mol. The average Bonchev–Trinajstić information content (AvgIpc) is 2.99. The lowest BCUT2D eigenvalue weighted by Crippen LogP contribution is -2.38. The molecule has 0 radical (unpaired) electrons. The van der Waals surface area contributed by atoms with Crippen LogP contribution in [0.3, 0.4) is 0 Å². The SMILES string of the molecule is Brc1csc(-c2noc(CC3CSCCN3)n2)c1.Cl. The summed E-state index contributed by atoms with van der Waals surface area (Å²) in [5.41, 5.74) is 0. The molecule has 19 heavy (non-hydrogen) atoms. The lowest BCUT2D eigenvalue weighted by atomic mass is 10.2. The number of aromatic nitrogens is 2. The fourth-order valence-electron chi connectivity index (χ4n) is 1.83. The van der Waals surface area contributed by atoms with Crippen LogP contribution in [0.5, 0.6) is 0 Å². The van der Waals surface area contributed by atoms with Crippen molar-refractivity contribution >= 4 is 51.4 Å². The van der Waals surface area contributed by atoms with Gasteiger partial charge in [0.25, 0.3) is 0 Å². The number of nitrogens with one attached hydrogen (secondary N) is 1. The summed E-state index contributed by atoms with van der Waals surface area (Å²) in [6, 6.07) is 2.46. The molecule has 0 aromatic carbocycles. The zero-order valence-electron chi connectivity index (χ0n) is 9.97. The van der Waals surface area contributed by atoms with Crippen LogP contribution in [0.4, 0.5) is 0 Å². The molecule has 0 spiro atoms. The van der Waals surface area contributed by atoms with Gasteiger partial charge in [0, 0.05) is 40.4 Å². The Bertz CT molecular complexity index is 527. The fourth-order valence-corrected chi connectivity index (χ4v) is 4.13. The molecule has 0 saturated carbocycles. The summed E-state index contributed by atoms with van der Waals surface area (Å²) >= 11 is 7.01. The Morgan fingerprint density at radius 3 is 3.11 bits per heavy atom. The summed E-state index contributed by atoms with van der Waals surface area (Å²) in [6.07, 6.45) is 0.812. The van der Waals surface area contributed by atoms with Gasteiger partial charge in [0.2, 0.25) is 11.7 Å². The molecule has 8 heteroatoms. The molecular weight excluding hydrogens is 370 g/mol. The summed E-state index contributed by atoms with van der Waals surface area (Å²) in [5.74, 6) is 3.70. The van der Waals surface area contributed by atoms with Gasteiger partial charge < -0.3 is 9.84 Å². The molecule has 0 bridgehead atoms. The van der Waals surface area contributed by atoms with Gasteiger partial charge in [0.05, 0.1) is 4.88 Å². The van der Waals surface area contributed by atoms with Gasteiger partial charge in [0.15, 0.2) is 0 Å². The van der Waals surface area contributed by atoms with E-state index in [1.54, 1.807) is 11.3 Å². The van der Waals surface area contributed by atoms with Crippen molar-refractivity contribution in [1.82, 2.24) is 15.5 Å². The van der Waals surface area contributed by atoms with Crippen LogP contribution in [0.25, 0.3) is 10.7 Å². The largest absolute Gasteiger partial charge is 0.339 e. The molecule has 2 aromatic heterocycles. The van der Waals surface area contributed by atoms with E-state index in [-0.39, 0.29) is 12.4 Å². The molecule has 3 rings (SSSR count). The lowest BCUT2D eigenvalue weighted by Gasteiger charge is -2.21. The van der Waals surface area contributed by atoms with Gasteiger partial charge in [-0.1, -0.05) is 5.16 Å². The van der Waals surface area contributed by atoms with Gasteiger partial charge >= 0.3 is 0 Å². The van der Waals surface area contributed by atoms with Crippen LogP contribution < -0.4 is 5.32 Å². The highest BCUT2D eigenvalue weighted by atomic mass is 79.9. The lowest BCUT2D eigenvalue weighted by molar-refractivity contribution is 0.363. The third-order valence-corrected chi connectivity index (χ3v) is 5.49. The number of hydrogen-bond donors (Lipinski definition) is 1. The first-order chi connectivity index (χ1) is 8.81. The first-order valence-corrected chi connectivity index (χ1v) is 8.52. The Kier molecular flexibility index (Phi) is 5.70. The van der Waals surface area contributed by atoms with Crippen molar-refractivity contribution in [2.24, 2.45) is 0 Å². The van der Waals surface area contributed by atoms with Crippen LogP contribution in [0, 0.1) is 0 Å². The zero-order chi connectivity index (χ0) is 12.4. The van der Waals surface area contributed by atoms with E-state index >= 15 is 0 Å².